The van der Waals surface area contributed by atoms with Gasteiger partial charge in [-0.25, -0.2) is 9.79 Å². The highest BCUT2D eigenvalue weighted by molar-refractivity contribution is 9.10. The molecule has 2 aromatic carbocycles. The summed E-state index contributed by atoms with van der Waals surface area (Å²) in [5.41, 5.74) is 3.65. The maximum Gasteiger partial charge on any atom is 0.338 e. The van der Waals surface area contributed by atoms with Gasteiger partial charge in [0.1, 0.15) is 0 Å². The summed E-state index contributed by atoms with van der Waals surface area (Å²) in [6.45, 7) is 8.32. The SMILES string of the molecule is CCCC1=C(C(=O)OCC)[C@H](c2ccc(C(C)C)cc2)n2c(s/c(=C\c3cc(Br)c(OC)c(OC)c3)c2=O)=N1. The van der Waals surface area contributed by atoms with Crippen LogP contribution in [0.15, 0.2) is 61.9 Å². The highest BCUT2D eigenvalue weighted by Gasteiger charge is 2.34. The number of methoxy groups -OCH3 is 2. The molecule has 1 aromatic heterocycles. The Hall–Kier alpha value is -3.17. The highest BCUT2D eigenvalue weighted by Crippen LogP contribution is 2.37. The molecule has 0 N–H and O–H groups in total. The topological polar surface area (TPSA) is 79.1 Å². The molecule has 206 valence electrons. The van der Waals surface area contributed by atoms with Gasteiger partial charge in [0.15, 0.2) is 16.3 Å². The zero-order valence-electron chi connectivity index (χ0n) is 23.0. The van der Waals surface area contributed by atoms with E-state index in [9.17, 15) is 9.59 Å². The minimum atomic E-state index is -0.637. The van der Waals surface area contributed by atoms with E-state index in [0.29, 0.717) is 48.9 Å². The minimum absolute atomic E-state index is 0.222. The van der Waals surface area contributed by atoms with Gasteiger partial charge in [0.05, 0.1) is 47.1 Å². The number of halogens is 1. The van der Waals surface area contributed by atoms with Crippen molar-refractivity contribution < 1.29 is 19.0 Å². The van der Waals surface area contributed by atoms with E-state index in [2.05, 4.69) is 41.9 Å². The molecule has 39 heavy (non-hydrogen) atoms. The summed E-state index contributed by atoms with van der Waals surface area (Å²) in [6.07, 6.45) is 3.21. The smallest absolute Gasteiger partial charge is 0.338 e. The molecule has 0 fully saturated rings. The van der Waals surface area contributed by atoms with Gasteiger partial charge in [-0.15, -0.1) is 0 Å². The van der Waals surface area contributed by atoms with Crippen LogP contribution in [-0.2, 0) is 9.53 Å². The number of rotatable bonds is 9. The summed E-state index contributed by atoms with van der Waals surface area (Å²) in [5.74, 6) is 1.03. The van der Waals surface area contributed by atoms with Crippen molar-refractivity contribution in [3.63, 3.8) is 0 Å². The van der Waals surface area contributed by atoms with Crippen molar-refractivity contribution in [1.29, 1.82) is 0 Å². The van der Waals surface area contributed by atoms with Gasteiger partial charge < -0.3 is 14.2 Å². The summed E-state index contributed by atoms with van der Waals surface area (Å²) in [5, 5.41) is 0. The Morgan fingerprint density at radius 2 is 1.87 bits per heavy atom. The van der Waals surface area contributed by atoms with Crippen LogP contribution in [0.1, 0.15) is 69.2 Å². The number of benzene rings is 2. The number of allylic oxidation sites excluding steroid dienone is 1. The first kappa shape index (κ1) is 28.8. The van der Waals surface area contributed by atoms with Crippen LogP contribution >= 0.6 is 27.3 Å². The average Bonchev–Trinajstić information content (AvgIpc) is 3.22. The van der Waals surface area contributed by atoms with Gasteiger partial charge in [0.2, 0.25) is 0 Å². The maximum atomic E-state index is 14.0. The molecule has 0 saturated carbocycles. The number of esters is 1. The quantitative estimate of drug-likeness (QED) is 0.299. The van der Waals surface area contributed by atoms with Crippen LogP contribution in [0.4, 0.5) is 0 Å². The summed E-state index contributed by atoms with van der Waals surface area (Å²) >= 11 is 4.83. The van der Waals surface area contributed by atoms with Crippen LogP contribution in [0, 0.1) is 0 Å². The van der Waals surface area contributed by atoms with E-state index in [1.54, 1.807) is 25.7 Å². The van der Waals surface area contributed by atoms with Crippen molar-refractivity contribution >= 4 is 39.3 Å². The van der Waals surface area contributed by atoms with Gasteiger partial charge in [-0.2, -0.15) is 0 Å². The molecule has 3 aromatic rings. The first-order valence-electron chi connectivity index (χ1n) is 13.0. The zero-order valence-corrected chi connectivity index (χ0v) is 25.4. The molecule has 1 aliphatic rings. The van der Waals surface area contributed by atoms with Crippen LogP contribution in [0.25, 0.3) is 6.08 Å². The second kappa shape index (κ2) is 12.3. The Kier molecular flexibility index (Phi) is 9.12. The van der Waals surface area contributed by atoms with E-state index in [1.165, 1.54) is 16.9 Å². The molecule has 4 rings (SSSR count). The molecule has 2 heterocycles. The third-order valence-electron chi connectivity index (χ3n) is 6.56. The van der Waals surface area contributed by atoms with Crippen LogP contribution < -0.4 is 24.4 Å². The lowest BCUT2D eigenvalue weighted by molar-refractivity contribution is -0.139. The average molecular weight is 614 g/mol. The Labute approximate surface area is 240 Å². The maximum absolute atomic E-state index is 14.0. The number of aromatic nitrogens is 1. The first-order valence-corrected chi connectivity index (χ1v) is 14.6. The second-order valence-corrected chi connectivity index (χ2v) is 11.3. The van der Waals surface area contributed by atoms with Crippen molar-refractivity contribution in [3.05, 3.63) is 88.5 Å². The van der Waals surface area contributed by atoms with Gasteiger partial charge in [-0.1, -0.05) is 62.8 Å². The Bertz CT molecular complexity index is 1580. The van der Waals surface area contributed by atoms with Crippen LogP contribution in [-0.4, -0.2) is 31.4 Å². The normalized spacial score (nSPS) is 15.3. The van der Waals surface area contributed by atoms with Crippen molar-refractivity contribution in [2.45, 2.75) is 52.5 Å². The molecular formula is C30H33BrN2O5S. The van der Waals surface area contributed by atoms with Gasteiger partial charge in [0.25, 0.3) is 5.56 Å². The molecule has 0 aliphatic carbocycles. The fourth-order valence-electron chi connectivity index (χ4n) is 4.67. The number of fused-ring (bicyclic) bond motifs is 1. The van der Waals surface area contributed by atoms with E-state index >= 15 is 0 Å². The van der Waals surface area contributed by atoms with E-state index in [-0.39, 0.29) is 12.2 Å². The third-order valence-corrected chi connectivity index (χ3v) is 8.14. The van der Waals surface area contributed by atoms with Crippen molar-refractivity contribution in [2.24, 2.45) is 4.99 Å². The second-order valence-electron chi connectivity index (χ2n) is 9.47. The zero-order chi connectivity index (χ0) is 28.3. The van der Waals surface area contributed by atoms with Crippen molar-refractivity contribution in [1.82, 2.24) is 4.57 Å². The van der Waals surface area contributed by atoms with E-state index in [0.717, 1.165) is 17.5 Å². The molecule has 7 nitrogen and oxygen atoms in total. The van der Waals surface area contributed by atoms with Crippen LogP contribution in [0.3, 0.4) is 0 Å². The molecule has 0 bridgehead atoms. The fourth-order valence-corrected chi connectivity index (χ4v) is 6.31. The first-order chi connectivity index (χ1) is 18.7. The molecule has 1 aliphatic heterocycles. The standard InChI is InChI=1S/C30H33BrN2O5S/c1-7-9-22-25(29(35)38-8-2)26(20-12-10-19(11-13-20)17(3)4)33-28(34)24(39-30(33)32-22)16-18-14-21(31)27(37-6)23(15-18)36-5/h10-17,26H,7-9H2,1-6H3/b24-16-/t26-/m0/s1. The molecular weight excluding hydrogens is 580 g/mol. The lowest BCUT2D eigenvalue weighted by Gasteiger charge is -2.26. The number of nitrogens with zero attached hydrogens (tertiary/aromatic N) is 2. The predicted octanol–water partition coefficient (Wildman–Crippen LogP) is 5.48. The lowest BCUT2D eigenvalue weighted by atomic mass is 9.92. The van der Waals surface area contributed by atoms with Gasteiger partial charge in [-0.3, -0.25) is 9.36 Å². The Morgan fingerprint density at radius 3 is 2.46 bits per heavy atom. The summed E-state index contributed by atoms with van der Waals surface area (Å²) in [4.78, 5) is 32.7. The Balaban J connectivity index is 1.97. The largest absolute Gasteiger partial charge is 0.493 e. The molecule has 0 spiro atoms. The number of hydrogen-bond donors (Lipinski definition) is 0. The molecule has 1 atom stereocenters. The summed E-state index contributed by atoms with van der Waals surface area (Å²) in [7, 11) is 3.14. The number of carbonyl (C=O) groups is 1. The van der Waals surface area contributed by atoms with Gasteiger partial charge >= 0.3 is 5.97 Å². The third kappa shape index (κ3) is 5.75. The monoisotopic (exact) mass is 612 g/mol. The fraction of sp³-hybridized carbons (Fsp3) is 0.367. The van der Waals surface area contributed by atoms with Crippen LogP contribution in [0.5, 0.6) is 11.5 Å². The lowest BCUT2D eigenvalue weighted by Crippen LogP contribution is -2.40. The highest BCUT2D eigenvalue weighted by atomic mass is 79.9. The van der Waals surface area contributed by atoms with Gasteiger partial charge in [-0.05, 0) is 70.1 Å². The Morgan fingerprint density at radius 1 is 1.15 bits per heavy atom. The summed E-state index contributed by atoms with van der Waals surface area (Å²) < 4.78 is 19.2. The van der Waals surface area contributed by atoms with E-state index in [1.807, 2.05) is 37.3 Å². The van der Waals surface area contributed by atoms with Gasteiger partial charge in [0, 0.05) is 0 Å². The summed E-state index contributed by atoms with van der Waals surface area (Å²) in [6, 6.07) is 11.2. The van der Waals surface area contributed by atoms with Crippen molar-refractivity contribution in [2.75, 3.05) is 20.8 Å². The molecule has 0 unspecified atom stereocenters. The number of hydrogen-bond acceptors (Lipinski definition) is 7. The van der Waals surface area contributed by atoms with Crippen LogP contribution in [0.2, 0.25) is 0 Å². The molecule has 0 saturated heterocycles. The molecule has 0 radical (unpaired) electrons. The molecule has 0 amide bonds. The number of thiazole rings is 1. The predicted molar refractivity (Wildman–Crippen MR) is 157 cm³/mol. The van der Waals surface area contributed by atoms with E-state index in [4.69, 9.17) is 19.2 Å². The van der Waals surface area contributed by atoms with E-state index < -0.39 is 12.0 Å². The molecule has 9 heteroatoms. The minimum Gasteiger partial charge on any atom is -0.493 e. The number of ether oxygens (including phenoxy) is 3. The van der Waals surface area contributed by atoms with Crippen molar-refractivity contribution in [3.8, 4) is 11.5 Å². The number of carbonyl (C=O) groups excluding carboxylic acids is 1.